The first kappa shape index (κ1) is 10.2. The normalized spacial score (nSPS) is 10.2. The number of benzene rings is 1. The molecule has 2 aromatic rings. The zero-order valence-electron chi connectivity index (χ0n) is 8.65. The van der Waals surface area contributed by atoms with E-state index < -0.39 is 4.92 Å². The fourth-order valence-electron chi connectivity index (χ4n) is 1.78. The summed E-state index contributed by atoms with van der Waals surface area (Å²) in [4.78, 5) is 13.3. The van der Waals surface area contributed by atoms with E-state index in [-0.39, 0.29) is 12.1 Å². The van der Waals surface area contributed by atoms with Gasteiger partial charge in [-0.05, 0) is 24.1 Å². The number of nitro benzene ring substituents is 1. The molecule has 0 bridgehead atoms. The smallest absolute Gasteiger partial charge is 0.293 e. The van der Waals surface area contributed by atoms with Gasteiger partial charge in [0.05, 0.1) is 17.4 Å². The van der Waals surface area contributed by atoms with E-state index in [0.29, 0.717) is 5.52 Å². The first-order valence-electron chi connectivity index (χ1n) is 4.75. The number of nitrogens with one attached hydrogen (secondary N) is 1. The number of rotatable bonds is 2. The van der Waals surface area contributed by atoms with E-state index in [2.05, 4.69) is 4.98 Å². The van der Waals surface area contributed by atoms with Gasteiger partial charge in [-0.15, -0.1) is 0 Å². The predicted molar refractivity (Wildman–Crippen MR) is 59.0 cm³/mol. The van der Waals surface area contributed by atoms with Gasteiger partial charge >= 0.3 is 0 Å². The number of hydrogen-bond donors (Lipinski definition) is 1. The van der Waals surface area contributed by atoms with E-state index in [1.54, 1.807) is 13.1 Å². The Morgan fingerprint density at radius 1 is 1.56 bits per heavy atom. The van der Waals surface area contributed by atoms with Crippen LogP contribution in [0.1, 0.15) is 11.1 Å². The molecule has 0 spiro atoms. The largest absolute Gasteiger partial charge is 0.355 e. The van der Waals surface area contributed by atoms with Crippen LogP contribution in [-0.4, -0.2) is 9.91 Å². The molecule has 0 saturated carbocycles. The molecule has 1 aromatic carbocycles. The van der Waals surface area contributed by atoms with Crippen molar-refractivity contribution in [1.29, 1.82) is 5.26 Å². The first-order valence-corrected chi connectivity index (χ1v) is 4.75. The van der Waals surface area contributed by atoms with Crippen molar-refractivity contribution < 1.29 is 4.92 Å². The van der Waals surface area contributed by atoms with Gasteiger partial charge in [0.2, 0.25) is 0 Å². The molecule has 0 aliphatic rings. The molecule has 2 rings (SSSR count). The maximum absolute atomic E-state index is 10.9. The lowest BCUT2D eigenvalue weighted by Crippen LogP contribution is -1.90. The summed E-state index contributed by atoms with van der Waals surface area (Å²) < 4.78 is 0. The number of hydrogen-bond acceptors (Lipinski definition) is 3. The number of nitrogens with zero attached hydrogens (tertiary/aromatic N) is 2. The first-order chi connectivity index (χ1) is 7.63. The molecule has 0 amide bonds. The van der Waals surface area contributed by atoms with Crippen molar-refractivity contribution in [2.24, 2.45) is 0 Å². The van der Waals surface area contributed by atoms with Crippen molar-refractivity contribution >= 4 is 16.6 Å². The van der Waals surface area contributed by atoms with Gasteiger partial charge in [-0.1, -0.05) is 0 Å². The summed E-state index contributed by atoms with van der Waals surface area (Å²) in [6.07, 6.45) is 1.90. The van der Waals surface area contributed by atoms with Gasteiger partial charge in [0.1, 0.15) is 5.52 Å². The zero-order chi connectivity index (χ0) is 11.7. The van der Waals surface area contributed by atoms with Gasteiger partial charge in [0, 0.05) is 17.6 Å². The Bertz CT molecular complexity index is 607. The molecule has 80 valence electrons. The fourth-order valence-corrected chi connectivity index (χ4v) is 1.78. The number of nitro groups is 1. The van der Waals surface area contributed by atoms with Crippen LogP contribution in [0.2, 0.25) is 0 Å². The van der Waals surface area contributed by atoms with E-state index in [4.69, 9.17) is 5.26 Å². The van der Waals surface area contributed by atoms with Crippen LogP contribution in [0.3, 0.4) is 0 Å². The lowest BCUT2D eigenvalue weighted by molar-refractivity contribution is -0.383. The molecule has 5 heteroatoms. The number of H-pyrrole nitrogens is 1. The third kappa shape index (κ3) is 1.50. The van der Waals surface area contributed by atoms with Crippen LogP contribution < -0.4 is 0 Å². The average molecular weight is 215 g/mol. The second-order valence-electron chi connectivity index (χ2n) is 3.61. The van der Waals surface area contributed by atoms with E-state index in [1.165, 1.54) is 6.07 Å². The van der Waals surface area contributed by atoms with Crippen LogP contribution in [-0.2, 0) is 6.42 Å². The van der Waals surface area contributed by atoms with E-state index >= 15 is 0 Å². The molecule has 0 aliphatic carbocycles. The minimum Gasteiger partial charge on any atom is -0.355 e. The predicted octanol–water partition coefficient (Wildman–Crippen LogP) is 2.45. The summed E-state index contributed by atoms with van der Waals surface area (Å²) in [6.45, 7) is 1.80. The standard InChI is InChI=1S/C11H9N3O2/c1-7-4-9-8(2-3-12)6-13-11(9)10(5-7)14(15)16/h4-6,13H,2H2,1H3. The summed E-state index contributed by atoms with van der Waals surface area (Å²) in [5, 5.41) is 20.3. The van der Waals surface area contributed by atoms with Crippen LogP contribution in [0.25, 0.3) is 10.9 Å². The highest BCUT2D eigenvalue weighted by molar-refractivity contribution is 5.91. The third-order valence-corrected chi connectivity index (χ3v) is 2.46. The van der Waals surface area contributed by atoms with Crippen molar-refractivity contribution in [1.82, 2.24) is 4.98 Å². The van der Waals surface area contributed by atoms with Gasteiger partial charge in [-0.25, -0.2) is 0 Å². The quantitative estimate of drug-likeness (QED) is 0.616. The summed E-state index contributed by atoms with van der Waals surface area (Å²) in [7, 11) is 0. The molecule has 0 saturated heterocycles. The van der Waals surface area contributed by atoms with E-state index in [0.717, 1.165) is 16.5 Å². The number of non-ortho nitro benzene ring substituents is 1. The lowest BCUT2D eigenvalue weighted by Gasteiger charge is -1.98. The number of fused-ring (bicyclic) bond motifs is 1. The van der Waals surface area contributed by atoms with Crippen molar-refractivity contribution in [2.75, 3.05) is 0 Å². The Labute approximate surface area is 91.5 Å². The molecule has 5 nitrogen and oxygen atoms in total. The zero-order valence-corrected chi connectivity index (χ0v) is 8.65. The average Bonchev–Trinajstić information content (AvgIpc) is 2.61. The van der Waals surface area contributed by atoms with Crippen LogP contribution in [0.15, 0.2) is 18.3 Å². The van der Waals surface area contributed by atoms with Crippen LogP contribution >= 0.6 is 0 Å². The Hall–Kier alpha value is -2.35. The Morgan fingerprint density at radius 2 is 2.31 bits per heavy atom. The van der Waals surface area contributed by atoms with Gasteiger partial charge in [-0.3, -0.25) is 10.1 Å². The van der Waals surface area contributed by atoms with E-state index in [9.17, 15) is 10.1 Å². The molecule has 0 fully saturated rings. The molecule has 1 heterocycles. The lowest BCUT2D eigenvalue weighted by atomic mass is 10.1. The van der Waals surface area contributed by atoms with Crippen LogP contribution in [0, 0.1) is 28.4 Å². The van der Waals surface area contributed by atoms with Gasteiger partial charge < -0.3 is 4.98 Å². The number of aromatic nitrogens is 1. The summed E-state index contributed by atoms with van der Waals surface area (Å²) in [5.41, 5.74) is 2.15. The summed E-state index contributed by atoms with van der Waals surface area (Å²) >= 11 is 0. The van der Waals surface area contributed by atoms with E-state index in [1.807, 2.05) is 12.1 Å². The number of aromatic amines is 1. The maximum Gasteiger partial charge on any atom is 0.293 e. The Morgan fingerprint density at radius 3 is 2.94 bits per heavy atom. The molecule has 1 N–H and O–H groups in total. The molecular weight excluding hydrogens is 206 g/mol. The number of nitriles is 1. The summed E-state index contributed by atoms with van der Waals surface area (Å²) in [5.74, 6) is 0. The van der Waals surface area contributed by atoms with Gasteiger partial charge in [0.25, 0.3) is 5.69 Å². The fraction of sp³-hybridized carbons (Fsp3) is 0.182. The minimum absolute atomic E-state index is 0.0548. The third-order valence-electron chi connectivity index (χ3n) is 2.46. The van der Waals surface area contributed by atoms with Crippen molar-refractivity contribution in [3.05, 3.63) is 39.6 Å². The monoisotopic (exact) mass is 215 g/mol. The molecule has 1 aromatic heterocycles. The van der Waals surface area contributed by atoms with Gasteiger partial charge in [0.15, 0.2) is 0 Å². The minimum atomic E-state index is -0.415. The second-order valence-corrected chi connectivity index (χ2v) is 3.61. The van der Waals surface area contributed by atoms with Gasteiger partial charge in [-0.2, -0.15) is 5.26 Å². The molecule has 0 radical (unpaired) electrons. The van der Waals surface area contributed by atoms with Crippen molar-refractivity contribution in [3.63, 3.8) is 0 Å². The molecule has 0 aliphatic heterocycles. The second kappa shape index (κ2) is 3.66. The molecule has 0 unspecified atom stereocenters. The van der Waals surface area contributed by atoms with Crippen LogP contribution in [0.5, 0.6) is 0 Å². The highest BCUT2D eigenvalue weighted by Gasteiger charge is 2.16. The number of aryl methyl sites for hydroxylation is 1. The maximum atomic E-state index is 10.9. The SMILES string of the molecule is Cc1cc([N+](=O)[O-])c2[nH]cc(CC#N)c2c1. The van der Waals surface area contributed by atoms with Crippen molar-refractivity contribution in [3.8, 4) is 6.07 Å². The summed E-state index contributed by atoms with van der Waals surface area (Å²) in [6, 6.07) is 5.42. The Balaban J connectivity index is 2.76. The topological polar surface area (TPSA) is 82.7 Å². The Kier molecular flexibility index (Phi) is 2.33. The van der Waals surface area contributed by atoms with Crippen LogP contribution in [0.4, 0.5) is 5.69 Å². The van der Waals surface area contributed by atoms with Crippen molar-refractivity contribution in [2.45, 2.75) is 13.3 Å². The highest BCUT2D eigenvalue weighted by atomic mass is 16.6. The molecular formula is C11H9N3O2. The highest BCUT2D eigenvalue weighted by Crippen LogP contribution is 2.28. The molecule has 16 heavy (non-hydrogen) atoms. The molecule has 0 atom stereocenters.